The summed E-state index contributed by atoms with van der Waals surface area (Å²) in [4.78, 5) is 10.4. The molecule has 64 valence electrons. The zero-order valence-corrected chi connectivity index (χ0v) is 6.18. The van der Waals surface area contributed by atoms with Crippen LogP contribution in [0, 0.1) is 5.41 Å². The third-order valence-corrected chi connectivity index (χ3v) is 1.52. The smallest absolute Gasteiger partial charge is 0.313 e. The second-order valence-electron chi connectivity index (χ2n) is 2.52. The molecule has 1 N–H and O–H groups in total. The molecule has 1 unspecified atom stereocenters. The molecule has 0 saturated heterocycles. The Hall–Kier alpha value is -0.930. The molecule has 0 aliphatic carbocycles. The van der Waals surface area contributed by atoms with Crippen molar-refractivity contribution in [1.82, 2.24) is 0 Å². The number of alkyl halides is 2. The highest BCUT2D eigenvalue weighted by atomic mass is 19.3. The van der Waals surface area contributed by atoms with Crippen LogP contribution in [0.15, 0.2) is 12.7 Å². The normalized spacial score (nSPS) is 16.0. The van der Waals surface area contributed by atoms with Crippen molar-refractivity contribution in [3.05, 3.63) is 12.7 Å². The second kappa shape index (κ2) is 3.46. The van der Waals surface area contributed by atoms with Crippen LogP contribution in [0.4, 0.5) is 8.78 Å². The Morgan fingerprint density at radius 3 is 2.36 bits per heavy atom. The van der Waals surface area contributed by atoms with Gasteiger partial charge in [-0.1, -0.05) is 6.08 Å². The molecule has 2 nitrogen and oxygen atoms in total. The first-order valence-corrected chi connectivity index (χ1v) is 3.07. The zero-order chi connectivity index (χ0) is 9.07. The molecule has 0 heterocycles. The third kappa shape index (κ3) is 2.65. The number of carboxylic acid groups (broad SMARTS) is 1. The fraction of sp³-hybridized carbons (Fsp3) is 0.571. The Labute approximate surface area is 63.5 Å². The van der Waals surface area contributed by atoms with Crippen molar-refractivity contribution in [3.8, 4) is 0 Å². The highest BCUT2D eigenvalue weighted by Crippen LogP contribution is 2.26. The summed E-state index contributed by atoms with van der Waals surface area (Å²) in [6, 6.07) is 0. The maximum absolute atomic E-state index is 11.8. The van der Waals surface area contributed by atoms with Crippen LogP contribution in [0.2, 0.25) is 0 Å². The molecular weight excluding hydrogens is 154 g/mol. The van der Waals surface area contributed by atoms with E-state index in [9.17, 15) is 13.6 Å². The van der Waals surface area contributed by atoms with Crippen molar-refractivity contribution < 1.29 is 18.7 Å². The predicted octanol–water partition coefficient (Wildman–Crippen LogP) is 1.92. The Balaban J connectivity index is 4.34. The van der Waals surface area contributed by atoms with Crippen LogP contribution in [-0.4, -0.2) is 17.5 Å². The van der Waals surface area contributed by atoms with Gasteiger partial charge in [-0.15, -0.1) is 6.58 Å². The van der Waals surface area contributed by atoms with Crippen LogP contribution in [0.1, 0.15) is 13.3 Å². The van der Waals surface area contributed by atoms with Gasteiger partial charge in [0.25, 0.3) is 0 Å². The number of carboxylic acids is 1. The minimum Gasteiger partial charge on any atom is -0.481 e. The molecule has 0 fully saturated rings. The number of aliphatic carboxylic acids is 1. The monoisotopic (exact) mass is 164 g/mol. The highest BCUT2D eigenvalue weighted by Gasteiger charge is 2.32. The Bertz CT molecular complexity index is 168. The summed E-state index contributed by atoms with van der Waals surface area (Å²) in [6.45, 7) is 4.41. The van der Waals surface area contributed by atoms with Crippen molar-refractivity contribution in [2.45, 2.75) is 19.8 Å². The van der Waals surface area contributed by atoms with Gasteiger partial charge >= 0.3 is 5.97 Å². The summed E-state index contributed by atoms with van der Waals surface area (Å²) in [5.74, 6) is -1.27. The quantitative estimate of drug-likeness (QED) is 0.644. The van der Waals surface area contributed by atoms with E-state index in [1.54, 1.807) is 0 Å². The van der Waals surface area contributed by atoms with Crippen LogP contribution < -0.4 is 0 Å². The minimum absolute atomic E-state index is 0.689. The lowest BCUT2D eigenvalue weighted by Crippen LogP contribution is -2.27. The number of rotatable bonds is 4. The average Bonchev–Trinajstić information content (AvgIpc) is 1.86. The van der Waals surface area contributed by atoms with Crippen molar-refractivity contribution in [1.29, 1.82) is 0 Å². The van der Waals surface area contributed by atoms with Crippen LogP contribution in [0.3, 0.4) is 0 Å². The van der Waals surface area contributed by atoms with Gasteiger partial charge in [-0.05, 0) is 6.92 Å². The van der Waals surface area contributed by atoms with E-state index in [0.29, 0.717) is 0 Å². The highest BCUT2D eigenvalue weighted by molar-refractivity contribution is 5.76. The van der Waals surface area contributed by atoms with Gasteiger partial charge in [0, 0.05) is 6.42 Å². The molecule has 0 aliphatic heterocycles. The first-order chi connectivity index (χ1) is 4.92. The number of carbonyl (C=O) groups is 1. The van der Waals surface area contributed by atoms with Gasteiger partial charge in [0.1, 0.15) is 0 Å². The summed E-state index contributed by atoms with van der Waals surface area (Å²) in [5.41, 5.74) is -1.51. The van der Waals surface area contributed by atoms with Crippen molar-refractivity contribution in [3.63, 3.8) is 0 Å². The first kappa shape index (κ1) is 10.1. The van der Waals surface area contributed by atoms with E-state index in [-0.39, 0.29) is 0 Å². The topological polar surface area (TPSA) is 37.3 Å². The number of hydrogen-bond acceptors (Lipinski definition) is 1. The fourth-order valence-corrected chi connectivity index (χ4v) is 0.578. The van der Waals surface area contributed by atoms with Crippen LogP contribution >= 0.6 is 0 Å². The largest absolute Gasteiger partial charge is 0.481 e. The van der Waals surface area contributed by atoms with Crippen molar-refractivity contribution >= 4 is 5.97 Å². The molecule has 0 bridgehead atoms. The van der Waals surface area contributed by atoms with Crippen LogP contribution in [0.25, 0.3) is 0 Å². The lowest BCUT2D eigenvalue weighted by Gasteiger charge is -2.18. The molecule has 1 atom stereocenters. The molecule has 11 heavy (non-hydrogen) atoms. The Morgan fingerprint density at radius 1 is 1.82 bits per heavy atom. The lowest BCUT2D eigenvalue weighted by molar-refractivity contribution is -0.147. The summed E-state index contributed by atoms with van der Waals surface area (Å²) in [5, 5.41) is 8.48. The van der Waals surface area contributed by atoms with Gasteiger partial charge in [-0.3, -0.25) is 4.79 Å². The third-order valence-electron chi connectivity index (χ3n) is 1.52. The van der Waals surface area contributed by atoms with Gasteiger partial charge in [0.2, 0.25) is 6.43 Å². The lowest BCUT2D eigenvalue weighted by atomic mass is 9.87. The van der Waals surface area contributed by atoms with E-state index in [1.165, 1.54) is 6.92 Å². The summed E-state index contributed by atoms with van der Waals surface area (Å²) < 4.78 is 23.5. The average molecular weight is 164 g/mol. The van der Waals surface area contributed by atoms with E-state index in [4.69, 9.17) is 5.11 Å². The molecular formula is C7H10F2O2. The molecule has 0 radical (unpaired) electrons. The zero-order valence-electron chi connectivity index (χ0n) is 6.18. The maximum Gasteiger partial charge on any atom is 0.313 e. The molecule has 0 saturated carbocycles. The molecule has 4 heteroatoms. The number of halogens is 2. The molecule has 0 amide bonds. The summed E-state index contributed by atoms with van der Waals surface area (Å²) in [7, 11) is 0. The van der Waals surface area contributed by atoms with Gasteiger partial charge in [0.15, 0.2) is 0 Å². The second-order valence-corrected chi connectivity index (χ2v) is 2.52. The van der Waals surface area contributed by atoms with Crippen LogP contribution in [0.5, 0.6) is 0 Å². The van der Waals surface area contributed by atoms with E-state index in [0.717, 1.165) is 6.08 Å². The fourth-order valence-electron chi connectivity index (χ4n) is 0.578. The van der Waals surface area contributed by atoms with E-state index in [1.807, 2.05) is 0 Å². The van der Waals surface area contributed by atoms with Gasteiger partial charge in [-0.25, -0.2) is 8.78 Å². The molecule has 0 aliphatic rings. The number of hydrogen-bond donors (Lipinski definition) is 1. The first-order valence-electron chi connectivity index (χ1n) is 3.07. The Kier molecular flexibility index (Phi) is 3.17. The van der Waals surface area contributed by atoms with Gasteiger partial charge in [-0.2, -0.15) is 0 Å². The molecule has 0 aromatic carbocycles. The van der Waals surface area contributed by atoms with Gasteiger partial charge < -0.3 is 5.11 Å². The van der Waals surface area contributed by atoms with Gasteiger partial charge in [0.05, 0.1) is 5.41 Å². The van der Waals surface area contributed by atoms with Crippen LogP contribution in [-0.2, 0) is 4.79 Å². The molecule has 0 aromatic heterocycles. The van der Waals surface area contributed by atoms with E-state index >= 15 is 0 Å². The molecule has 0 rings (SSSR count). The van der Waals surface area contributed by atoms with E-state index in [2.05, 4.69) is 6.58 Å². The summed E-state index contributed by atoms with van der Waals surface area (Å²) >= 11 is 0. The SMILES string of the molecule is C=CC(C)(CC(F)F)C(=O)O. The molecule has 0 aromatic rings. The van der Waals surface area contributed by atoms with Crippen molar-refractivity contribution in [2.24, 2.45) is 5.41 Å². The molecule has 0 spiro atoms. The standard InChI is InChI=1S/C7H10F2O2/c1-3-7(2,6(10)11)4-5(8)9/h3,5H,1,4H2,2H3,(H,10,11). The van der Waals surface area contributed by atoms with E-state index < -0.39 is 24.2 Å². The minimum atomic E-state index is -2.62. The maximum atomic E-state index is 11.8. The van der Waals surface area contributed by atoms with Crippen molar-refractivity contribution in [2.75, 3.05) is 0 Å². The predicted molar refractivity (Wildman–Crippen MR) is 36.6 cm³/mol. The Morgan fingerprint density at radius 2 is 2.27 bits per heavy atom. The summed E-state index contributed by atoms with van der Waals surface area (Å²) in [6.07, 6.45) is -2.28.